The van der Waals surface area contributed by atoms with Crippen molar-refractivity contribution < 1.29 is 28.9 Å². The maximum absolute atomic E-state index is 12.3. The van der Waals surface area contributed by atoms with Crippen LogP contribution in [0.15, 0.2) is 78.9 Å². The molecule has 1 fully saturated rings. The number of ether oxygens (including phenoxy) is 3. The van der Waals surface area contributed by atoms with Crippen LogP contribution in [0.25, 0.3) is 0 Å². The third-order valence-corrected chi connectivity index (χ3v) is 7.03. The minimum absolute atomic E-state index is 0.0207. The second kappa shape index (κ2) is 14.7. The van der Waals surface area contributed by atoms with E-state index in [2.05, 4.69) is 41.6 Å². The van der Waals surface area contributed by atoms with Gasteiger partial charge in [0.2, 0.25) is 0 Å². The van der Waals surface area contributed by atoms with E-state index in [1.54, 1.807) is 19.1 Å². The molecule has 1 saturated heterocycles. The van der Waals surface area contributed by atoms with Crippen LogP contribution >= 0.6 is 0 Å². The van der Waals surface area contributed by atoms with Gasteiger partial charge in [-0.1, -0.05) is 73.7 Å². The number of rotatable bonds is 11. The molecular weight excluding hydrogens is 522 g/mol. The maximum Gasteiger partial charge on any atom is 0.325 e. The number of carbonyl (C=O) groups is 2. The zero-order chi connectivity index (χ0) is 29.2. The van der Waals surface area contributed by atoms with Crippen molar-refractivity contribution in [3.8, 4) is 0 Å². The SMILES string of the molecule is CCOC(=O)CNC(=O)Nc1cccc([C@H]2O[C@@H](CN(C)Cc3ccccc3)[C@@H](C)[C@@H](c3ccc(CO)cc3)O2)c1. The van der Waals surface area contributed by atoms with Crippen molar-refractivity contribution in [3.05, 3.63) is 101 Å². The quantitative estimate of drug-likeness (QED) is 0.289. The number of esters is 1. The fraction of sp³-hybridized carbons (Fsp3) is 0.375. The Morgan fingerprint density at radius 2 is 1.71 bits per heavy atom. The monoisotopic (exact) mass is 561 g/mol. The molecule has 0 radical (unpaired) electrons. The summed E-state index contributed by atoms with van der Waals surface area (Å²) in [5, 5.41) is 14.8. The Kier molecular flexibility index (Phi) is 10.9. The van der Waals surface area contributed by atoms with Gasteiger partial charge in [0.15, 0.2) is 6.29 Å². The Morgan fingerprint density at radius 1 is 0.951 bits per heavy atom. The predicted molar refractivity (Wildman–Crippen MR) is 156 cm³/mol. The Labute approximate surface area is 241 Å². The molecule has 3 aromatic rings. The van der Waals surface area contributed by atoms with Crippen LogP contribution < -0.4 is 10.6 Å². The Bertz CT molecular complexity index is 1270. The van der Waals surface area contributed by atoms with Crippen molar-refractivity contribution in [2.75, 3.05) is 32.1 Å². The number of likely N-dealkylation sites (N-methyl/N-ethyl adjacent to an activating group) is 1. The van der Waals surface area contributed by atoms with Gasteiger partial charge in [-0.3, -0.25) is 9.69 Å². The third-order valence-electron chi connectivity index (χ3n) is 7.03. The Balaban J connectivity index is 1.51. The molecule has 0 spiro atoms. The molecule has 0 aromatic heterocycles. The molecule has 41 heavy (non-hydrogen) atoms. The summed E-state index contributed by atoms with van der Waals surface area (Å²) in [5.74, 6) is -0.463. The number of benzene rings is 3. The van der Waals surface area contributed by atoms with Crippen molar-refractivity contribution in [2.24, 2.45) is 5.92 Å². The van der Waals surface area contributed by atoms with Crippen molar-refractivity contribution in [1.82, 2.24) is 10.2 Å². The number of nitrogens with zero attached hydrogens (tertiary/aromatic N) is 1. The molecule has 2 amide bonds. The van der Waals surface area contributed by atoms with Crippen LogP contribution in [-0.2, 0) is 32.2 Å². The summed E-state index contributed by atoms with van der Waals surface area (Å²) in [7, 11) is 2.08. The fourth-order valence-corrected chi connectivity index (χ4v) is 4.90. The standard InChI is InChI=1S/C32H39N3O6/c1-4-39-29(37)18-33-32(38)34-27-12-8-11-26(17-27)31-40-28(20-35(3)19-23-9-6-5-7-10-23)22(2)30(41-31)25-15-13-24(21-36)14-16-25/h5-17,22,28,30-31,36H,4,18-21H2,1-3H3,(H2,33,34,38)/t22-,28+,30+,31+/m1/s1. The maximum atomic E-state index is 12.3. The molecule has 3 aromatic carbocycles. The van der Waals surface area contributed by atoms with E-state index in [9.17, 15) is 14.7 Å². The molecule has 9 heteroatoms. The van der Waals surface area contributed by atoms with Crippen LogP contribution in [0.4, 0.5) is 10.5 Å². The molecule has 1 aliphatic heterocycles. The highest BCUT2D eigenvalue weighted by Crippen LogP contribution is 2.42. The van der Waals surface area contributed by atoms with E-state index < -0.39 is 18.3 Å². The molecule has 9 nitrogen and oxygen atoms in total. The minimum atomic E-state index is -0.673. The van der Waals surface area contributed by atoms with Gasteiger partial charge in [-0.15, -0.1) is 0 Å². The van der Waals surface area contributed by atoms with Crippen molar-refractivity contribution >= 4 is 17.7 Å². The van der Waals surface area contributed by atoms with E-state index in [-0.39, 0.29) is 37.9 Å². The zero-order valence-electron chi connectivity index (χ0n) is 23.8. The van der Waals surface area contributed by atoms with Crippen molar-refractivity contribution in [3.63, 3.8) is 0 Å². The number of aliphatic hydroxyl groups is 1. The predicted octanol–water partition coefficient (Wildman–Crippen LogP) is 4.79. The number of hydrogen-bond acceptors (Lipinski definition) is 7. The van der Waals surface area contributed by atoms with Crippen molar-refractivity contribution in [1.29, 1.82) is 0 Å². The van der Waals surface area contributed by atoms with Crippen LogP contribution in [0.1, 0.15) is 48.5 Å². The molecular formula is C32H39N3O6. The van der Waals surface area contributed by atoms with Crippen molar-refractivity contribution in [2.45, 2.75) is 45.5 Å². The summed E-state index contributed by atoms with van der Waals surface area (Å²) in [6.45, 7) is 5.33. The largest absolute Gasteiger partial charge is 0.465 e. The first-order chi connectivity index (χ1) is 19.9. The van der Waals surface area contributed by atoms with Crippen LogP contribution in [0.2, 0.25) is 0 Å². The molecule has 1 heterocycles. The summed E-state index contributed by atoms with van der Waals surface area (Å²) in [6.07, 6.45) is -1.07. The van der Waals surface area contributed by atoms with Gasteiger partial charge < -0.3 is 30.0 Å². The van der Waals surface area contributed by atoms with E-state index >= 15 is 0 Å². The number of aliphatic hydroxyl groups excluding tert-OH is 1. The molecule has 0 bridgehead atoms. The molecule has 0 saturated carbocycles. The summed E-state index contributed by atoms with van der Waals surface area (Å²) in [5.41, 5.74) is 4.36. The van der Waals surface area contributed by atoms with Crippen LogP contribution in [0, 0.1) is 5.92 Å². The van der Waals surface area contributed by atoms with Gasteiger partial charge in [0.1, 0.15) is 6.54 Å². The van der Waals surface area contributed by atoms with Gasteiger partial charge >= 0.3 is 12.0 Å². The first-order valence-corrected chi connectivity index (χ1v) is 13.9. The number of anilines is 1. The van der Waals surface area contributed by atoms with E-state index in [4.69, 9.17) is 14.2 Å². The molecule has 4 rings (SSSR count). The molecule has 0 unspecified atom stereocenters. The number of urea groups is 1. The smallest absolute Gasteiger partial charge is 0.325 e. The minimum Gasteiger partial charge on any atom is -0.465 e. The van der Waals surface area contributed by atoms with Gasteiger partial charge in [-0.2, -0.15) is 0 Å². The zero-order valence-corrected chi connectivity index (χ0v) is 23.8. The van der Waals surface area contributed by atoms with E-state index in [0.29, 0.717) is 12.2 Å². The second-order valence-electron chi connectivity index (χ2n) is 10.2. The first kappa shape index (κ1) is 30.2. The number of hydrogen-bond donors (Lipinski definition) is 3. The normalized spacial score (nSPS) is 20.4. The molecule has 4 atom stereocenters. The van der Waals surface area contributed by atoms with Crippen LogP contribution in [0.3, 0.4) is 0 Å². The van der Waals surface area contributed by atoms with Gasteiger partial charge in [-0.25, -0.2) is 4.79 Å². The van der Waals surface area contributed by atoms with Gasteiger partial charge in [-0.05, 0) is 42.8 Å². The number of nitrogens with one attached hydrogen (secondary N) is 2. The van der Waals surface area contributed by atoms with Gasteiger partial charge in [0.05, 0.1) is 25.4 Å². The fourth-order valence-electron chi connectivity index (χ4n) is 4.90. The summed E-state index contributed by atoms with van der Waals surface area (Å²) in [6, 6.07) is 24.9. The van der Waals surface area contributed by atoms with Crippen LogP contribution in [-0.4, -0.2) is 54.9 Å². The first-order valence-electron chi connectivity index (χ1n) is 13.9. The van der Waals surface area contributed by atoms with Gasteiger partial charge in [0.25, 0.3) is 0 Å². The Morgan fingerprint density at radius 3 is 2.41 bits per heavy atom. The van der Waals surface area contributed by atoms with E-state index in [0.717, 1.165) is 23.2 Å². The average molecular weight is 562 g/mol. The average Bonchev–Trinajstić information content (AvgIpc) is 2.98. The summed E-state index contributed by atoms with van der Waals surface area (Å²) < 4.78 is 18.0. The lowest BCUT2D eigenvalue weighted by atomic mass is 9.90. The number of amides is 2. The molecule has 1 aliphatic rings. The van der Waals surface area contributed by atoms with E-state index in [1.165, 1.54) is 5.56 Å². The lowest BCUT2D eigenvalue weighted by molar-refractivity contribution is -0.276. The molecule has 0 aliphatic carbocycles. The molecule has 218 valence electrons. The highest BCUT2D eigenvalue weighted by molar-refractivity contribution is 5.91. The third kappa shape index (κ3) is 8.61. The van der Waals surface area contributed by atoms with Gasteiger partial charge in [0, 0.05) is 30.3 Å². The highest BCUT2D eigenvalue weighted by atomic mass is 16.7. The van der Waals surface area contributed by atoms with E-state index in [1.807, 2.05) is 54.6 Å². The summed E-state index contributed by atoms with van der Waals surface area (Å²) in [4.78, 5) is 26.2. The number of carbonyl (C=O) groups excluding carboxylic acids is 2. The lowest BCUT2D eigenvalue weighted by Gasteiger charge is -2.42. The second-order valence-corrected chi connectivity index (χ2v) is 10.2. The lowest BCUT2D eigenvalue weighted by Crippen LogP contribution is -2.43. The highest BCUT2D eigenvalue weighted by Gasteiger charge is 2.38. The Hall–Kier alpha value is -3.76. The molecule has 3 N–H and O–H groups in total. The summed E-state index contributed by atoms with van der Waals surface area (Å²) >= 11 is 0. The topological polar surface area (TPSA) is 109 Å². The van der Waals surface area contributed by atoms with Crippen LogP contribution in [0.5, 0.6) is 0 Å².